The van der Waals surface area contributed by atoms with Crippen LogP contribution < -0.4 is 24.8 Å². The number of carbonyl (C=O) groups is 2. The third-order valence-corrected chi connectivity index (χ3v) is 4.69. The molecule has 0 aromatic heterocycles. The van der Waals surface area contributed by atoms with E-state index in [1.54, 1.807) is 18.2 Å². The van der Waals surface area contributed by atoms with E-state index in [1.807, 2.05) is 6.07 Å². The van der Waals surface area contributed by atoms with Crippen molar-refractivity contribution < 1.29 is 23.8 Å². The fourth-order valence-corrected chi connectivity index (χ4v) is 3.23. The Morgan fingerprint density at radius 1 is 1.14 bits per heavy atom. The Labute approximate surface area is 172 Å². The molecule has 2 aromatic rings. The first-order valence-corrected chi connectivity index (χ1v) is 9.08. The maximum absolute atomic E-state index is 12.7. The topological polar surface area (TPSA) is 98.2 Å². The molecule has 0 saturated heterocycles. The van der Waals surface area contributed by atoms with Crippen LogP contribution in [0.15, 0.2) is 41.4 Å². The second-order valence-corrected chi connectivity index (χ2v) is 6.54. The molecule has 2 N–H and O–H groups in total. The van der Waals surface area contributed by atoms with Crippen LogP contribution >= 0.6 is 11.6 Å². The number of nitrogens with zero attached hydrogens (tertiary/aromatic N) is 1. The highest BCUT2D eigenvalue weighted by atomic mass is 35.5. The predicted octanol–water partition coefficient (Wildman–Crippen LogP) is 2.71. The summed E-state index contributed by atoms with van der Waals surface area (Å²) in [5, 5.41) is 5.68. The maximum atomic E-state index is 12.7. The van der Waals surface area contributed by atoms with Gasteiger partial charge in [0.15, 0.2) is 11.5 Å². The molecule has 9 heteroatoms. The van der Waals surface area contributed by atoms with E-state index in [1.165, 1.54) is 33.5 Å². The lowest BCUT2D eigenvalue weighted by Gasteiger charge is -2.22. The summed E-state index contributed by atoms with van der Waals surface area (Å²) in [5.41, 5.74) is 0.958. The van der Waals surface area contributed by atoms with Crippen LogP contribution in [0.5, 0.6) is 17.2 Å². The van der Waals surface area contributed by atoms with Gasteiger partial charge in [-0.15, -0.1) is 0 Å². The molecule has 29 heavy (non-hydrogen) atoms. The van der Waals surface area contributed by atoms with Crippen molar-refractivity contribution in [3.63, 3.8) is 0 Å². The molecule has 152 valence electrons. The van der Waals surface area contributed by atoms with Crippen molar-refractivity contribution in [1.29, 1.82) is 0 Å². The number of hydrogen-bond acceptors (Lipinski definition) is 6. The van der Waals surface area contributed by atoms with Crippen LogP contribution in [0.4, 0.5) is 0 Å². The summed E-state index contributed by atoms with van der Waals surface area (Å²) < 4.78 is 15.8. The van der Waals surface area contributed by atoms with E-state index < -0.39 is 11.9 Å². The number of rotatable bonds is 5. The molecule has 0 bridgehead atoms. The van der Waals surface area contributed by atoms with E-state index in [-0.39, 0.29) is 23.9 Å². The summed E-state index contributed by atoms with van der Waals surface area (Å²) in [5.74, 6) is 0.313. The Morgan fingerprint density at radius 2 is 1.79 bits per heavy atom. The zero-order valence-corrected chi connectivity index (χ0v) is 16.9. The number of hydrogen-bond donors (Lipinski definition) is 2. The third kappa shape index (κ3) is 4.43. The van der Waals surface area contributed by atoms with E-state index in [4.69, 9.17) is 25.8 Å². The molecule has 0 saturated carbocycles. The second-order valence-electron chi connectivity index (χ2n) is 6.14. The maximum Gasteiger partial charge on any atom is 0.258 e. The van der Waals surface area contributed by atoms with Gasteiger partial charge in [-0.1, -0.05) is 29.8 Å². The van der Waals surface area contributed by atoms with Gasteiger partial charge >= 0.3 is 0 Å². The van der Waals surface area contributed by atoms with E-state index in [0.717, 1.165) is 0 Å². The highest BCUT2D eigenvalue weighted by Crippen LogP contribution is 2.38. The number of amides is 2. The normalized spacial score (nSPS) is 15.8. The van der Waals surface area contributed by atoms with Crippen molar-refractivity contribution in [2.45, 2.75) is 12.5 Å². The van der Waals surface area contributed by atoms with Crippen molar-refractivity contribution >= 4 is 29.4 Å². The third-order valence-electron chi connectivity index (χ3n) is 4.34. The lowest BCUT2D eigenvalue weighted by atomic mass is 10.0. The van der Waals surface area contributed by atoms with Gasteiger partial charge in [-0.3, -0.25) is 20.2 Å². The summed E-state index contributed by atoms with van der Waals surface area (Å²) in [6.07, 6.45) is 0.132. The van der Waals surface area contributed by atoms with E-state index in [9.17, 15) is 9.59 Å². The number of carbonyl (C=O) groups excluding carboxylic acids is 2. The van der Waals surface area contributed by atoms with E-state index in [2.05, 4.69) is 15.6 Å². The number of guanidine groups is 1. The van der Waals surface area contributed by atoms with Crippen LogP contribution in [-0.2, 0) is 4.79 Å². The highest BCUT2D eigenvalue weighted by molar-refractivity contribution is 6.31. The van der Waals surface area contributed by atoms with Crippen molar-refractivity contribution in [3.8, 4) is 17.2 Å². The van der Waals surface area contributed by atoms with Gasteiger partial charge in [0.05, 0.1) is 33.8 Å². The molecule has 0 fully saturated rings. The molecule has 0 radical (unpaired) electrons. The van der Waals surface area contributed by atoms with Crippen LogP contribution in [0.3, 0.4) is 0 Å². The summed E-state index contributed by atoms with van der Waals surface area (Å²) in [6.45, 7) is 0. The van der Waals surface area contributed by atoms with Crippen molar-refractivity contribution in [2.75, 3.05) is 21.3 Å². The molecule has 0 spiro atoms. The van der Waals surface area contributed by atoms with Crippen LogP contribution in [-0.4, -0.2) is 39.1 Å². The summed E-state index contributed by atoms with van der Waals surface area (Å²) in [6, 6.07) is 9.66. The number of nitrogens with one attached hydrogen (secondary N) is 2. The Hall–Kier alpha value is -3.26. The van der Waals surface area contributed by atoms with Crippen LogP contribution in [0, 0.1) is 0 Å². The minimum absolute atomic E-state index is 0.0462. The van der Waals surface area contributed by atoms with Gasteiger partial charge in [0, 0.05) is 10.6 Å². The molecule has 1 heterocycles. The summed E-state index contributed by atoms with van der Waals surface area (Å²) in [4.78, 5) is 29.3. The van der Waals surface area contributed by atoms with Gasteiger partial charge in [-0.2, -0.15) is 0 Å². The summed E-state index contributed by atoms with van der Waals surface area (Å²) in [7, 11) is 4.39. The number of aliphatic imine (C=N–C) groups is 1. The number of methoxy groups -OCH3 is 3. The van der Waals surface area contributed by atoms with Gasteiger partial charge in [0.1, 0.15) is 0 Å². The Kier molecular flexibility index (Phi) is 6.23. The highest BCUT2D eigenvalue weighted by Gasteiger charge is 2.26. The zero-order chi connectivity index (χ0) is 21.0. The minimum atomic E-state index is -0.497. The Morgan fingerprint density at radius 3 is 2.38 bits per heavy atom. The van der Waals surface area contributed by atoms with Crippen molar-refractivity contribution in [1.82, 2.24) is 10.6 Å². The van der Waals surface area contributed by atoms with Crippen molar-refractivity contribution in [3.05, 3.63) is 52.5 Å². The fraction of sp³-hybridized carbons (Fsp3) is 0.250. The molecule has 3 rings (SSSR count). The average molecular weight is 418 g/mol. The molecule has 2 aromatic carbocycles. The summed E-state index contributed by atoms with van der Waals surface area (Å²) >= 11 is 6.22. The lowest BCUT2D eigenvalue weighted by molar-refractivity contribution is -0.120. The smallest absolute Gasteiger partial charge is 0.258 e. The lowest BCUT2D eigenvalue weighted by Crippen LogP contribution is -2.47. The largest absolute Gasteiger partial charge is 0.493 e. The Bertz CT molecular complexity index is 951. The van der Waals surface area contributed by atoms with Gasteiger partial charge < -0.3 is 14.2 Å². The first-order chi connectivity index (χ1) is 14.0. The standard InChI is InChI=1S/C20H20ClN3O5/c1-27-15-8-11(9-16(28-2)18(15)29-3)19(26)24-20-22-14(10-17(25)23-20)12-6-4-5-7-13(12)21/h4-9,14H,10H2,1-3H3,(H2,22,23,24,25,26)/t14-/m1/s1. The van der Waals surface area contributed by atoms with Gasteiger partial charge in [-0.05, 0) is 23.8 Å². The Balaban J connectivity index is 1.88. The molecular weight excluding hydrogens is 398 g/mol. The average Bonchev–Trinajstić information content (AvgIpc) is 2.72. The van der Waals surface area contributed by atoms with Crippen LogP contribution in [0.25, 0.3) is 0 Å². The van der Waals surface area contributed by atoms with Crippen LogP contribution in [0.2, 0.25) is 5.02 Å². The number of halogens is 1. The van der Waals surface area contributed by atoms with Gasteiger partial charge in [0.25, 0.3) is 5.91 Å². The quantitative estimate of drug-likeness (QED) is 0.779. The minimum Gasteiger partial charge on any atom is -0.493 e. The fourth-order valence-electron chi connectivity index (χ4n) is 2.97. The van der Waals surface area contributed by atoms with E-state index >= 15 is 0 Å². The zero-order valence-electron chi connectivity index (χ0n) is 16.1. The van der Waals surface area contributed by atoms with Crippen molar-refractivity contribution in [2.24, 2.45) is 4.99 Å². The molecule has 8 nitrogen and oxygen atoms in total. The molecule has 1 aliphatic rings. The molecule has 0 aliphatic carbocycles. The molecule has 1 aliphatic heterocycles. The molecule has 2 amide bonds. The SMILES string of the molecule is COc1cc(C(=O)NC2=N[C@@H](c3ccccc3Cl)CC(=O)N2)cc(OC)c1OC. The van der Waals surface area contributed by atoms with Gasteiger partial charge in [-0.25, -0.2) is 4.99 Å². The number of ether oxygens (including phenoxy) is 3. The second kappa shape index (κ2) is 8.83. The monoisotopic (exact) mass is 417 g/mol. The molecule has 0 unspecified atom stereocenters. The first kappa shape index (κ1) is 20.5. The molecular formula is C20H20ClN3O5. The van der Waals surface area contributed by atoms with Gasteiger partial charge in [0.2, 0.25) is 17.6 Å². The first-order valence-electron chi connectivity index (χ1n) is 8.70. The predicted molar refractivity (Wildman–Crippen MR) is 108 cm³/mol. The van der Waals surface area contributed by atoms with E-state index in [0.29, 0.717) is 27.8 Å². The molecule has 1 atom stereocenters. The van der Waals surface area contributed by atoms with Crippen LogP contribution in [0.1, 0.15) is 28.4 Å². The number of benzene rings is 2.